The van der Waals surface area contributed by atoms with E-state index in [0.717, 1.165) is 31.7 Å². The number of amides is 2. The number of nitrogens with zero attached hydrogens (tertiary/aromatic N) is 3. The molecule has 0 saturated carbocycles. The Hall–Kier alpha value is -3.44. The molecule has 0 N–H and O–H groups in total. The van der Waals surface area contributed by atoms with Crippen molar-refractivity contribution in [2.75, 3.05) is 46.3 Å². The molecule has 0 radical (unpaired) electrons. The summed E-state index contributed by atoms with van der Waals surface area (Å²) in [5, 5.41) is 0. The standard InChI is InChI=1S/C34H41N3O2/c1-26-11-7-9-15-29(26)31(30-16-10-8-12-27(30)2)25-32(38)36-19-17-34(18-20-36,28-13-5-4-6-14-28)33(39)37-23-21-35(3)22-24-37/h4-16,31H,17-25H2,1-3H3. The molecule has 0 aliphatic carbocycles. The number of piperazine rings is 1. The number of hydrogen-bond acceptors (Lipinski definition) is 3. The number of aryl methyl sites for hydroxylation is 2. The number of rotatable bonds is 6. The normalized spacial score (nSPS) is 17.8. The van der Waals surface area contributed by atoms with E-state index < -0.39 is 5.41 Å². The Bertz CT molecular complexity index is 1240. The van der Waals surface area contributed by atoms with Gasteiger partial charge in [0.1, 0.15) is 0 Å². The second-order valence-electron chi connectivity index (χ2n) is 11.4. The van der Waals surface area contributed by atoms with Crippen molar-refractivity contribution < 1.29 is 9.59 Å². The largest absolute Gasteiger partial charge is 0.343 e. The first-order valence-corrected chi connectivity index (χ1v) is 14.3. The van der Waals surface area contributed by atoms with E-state index in [0.29, 0.717) is 32.4 Å². The predicted molar refractivity (Wildman–Crippen MR) is 157 cm³/mol. The number of benzene rings is 3. The number of hydrogen-bond donors (Lipinski definition) is 0. The highest BCUT2D eigenvalue weighted by atomic mass is 16.2. The predicted octanol–water partition coefficient (Wildman–Crippen LogP) is 5.16. The van der Waals surface area contributed by atoms with Crippen LogP contribution in [0.5, 0.6) is 0 Å². The molecule has 5 rings (SSSR count). The van der Waals surface area contributed by atoms with Gasteiger partial charge in [-0.2, -0.15) is 0 Å². The van der Waals surface area contributed by atoms with Crippen molar-refractivity contribution in [2.45, 2.75) is 44.4 Å². The molecule has 2 saturated heterocycles. The highest BCUT2D eigenvalue weighted by Crippen LogP contribution is 2.39. The molecule has 0 atom stereocenters. The maximum Gasteiger partial charge on any atom is 0.233 e. The number of likely N-dealkylation sites (N-methyl/N-ethyl adjacent to an activating group) is 1. The van der Waals surface area contributed by atoms with E-state index >= 15 is 0 Å². The fraction of sp³-hybridized carbons (Fsp3) is 0.412. The molecule has 3 aromatic rings. The van der Waals surface area contributed by atoms with Crippen LogP contribution in [-0.4, -0.2) is 72.8 Å². The molecule has 5 nitrogen and oxygen atoms in total. The highest BCUT2D eigenvalue weighted by molar-refractivity contribution is 5.89. The van der Waals surface area contributed by atoms with E-state index in [1.165, 1.54) is 22.3 Å². The zero-order chi connectivity index (χ0) is 27.4. The summed E-state index contributed by atoms with van der Waals surface area (Å²) in [6, 6.07) is 27.1. The van der Waals surface area contributed by atoms with Crippen LogP contribution in [0.1, 0.15) is 53.0 Å². The molecule has 0 unspecified atom stereocenters. The van der Waals surface area contributed by atoms with E-state index in [4.69, 9.17) is 0 Å². The third-order valence-corrected chi connectivity index (χ3v) is 9.00. The van der Waals surface area contributed by atoms with E-state index in [1.807, 2.05) is 23.1 Å². The summed E-state index contributed by atoms with van der Waals surface area (Å²) < 4.78 is 0. The first kappa shape index (κ1) is 27.1. The molecular weight excluding hydrogens is 482 g/mol. The number of carbonyl (C=O) groups excluding carboxylic acids is 2. The number of likely N-dealkylation sites (tertiary alicyclic amines) is 1. The maximum absolute atomic E-state index is 14.1. The molecule has 0 bridgehead atoms. The van der Waals surface area contributed by atoms with Gasteiger partial charge in [0, 0.05) is 51.6 Å². The van der Waals surface area contributed by atoms with Crippen LogP contribution in [0.3, 0.4) is 0 Å². The van der Waals surface area contributed by atoms with Crippen LogP contribution in [0.4, 0.5) is 0 Å². The van der Waals surface area contributed by atoms with Gasteiger partial charge in [-0.15, -0.1) is 0 Å². The van der Waals surface area contributed by atoms with Gasteiger partial charge in [-0.05, 0) is 61.6 Å². The van der Waals surface area contributed by atoms with Crippen molar-refractivity contribution in [3.05, 3.63) is 107 Å². The monoisotopic (exact) mass is 523 g/mol. The quantitative estimate of drug-likeness (QED) is 0.448. The average Bonchev–Trinajstić information content (AvgIpc) is 2.97. The maximum atomic E-state index is 14.1. The van der Waals surface area contributed by atoms with Crippen LogP contribution in [0.25, 0.3) is 0 Å². The first-order valence-electron chi connectivity index (χ1n) is 14.3. The van der Waals surface area contributed by atoms with Gasteiger partial charge in [-0.1, -0.05) is 78.9 Å². The summed E-state index contributed by atoms with van der Waals surface area (Å²) in [5.41, 5.74) is 5.34. The van der Waals surface area contributed by atoms with Crippen molar-refractivity contribution >= 4 is 11.8 Å². The molecule has 0 spiro atoms. The van der Waals surface area contributed by atoms with Crippen LogP contribution in [0.2, 0.25) is 0 Å². The first-order chi connectivity index (χ1) is 18.9. The summed E-state index contributed by atoms with van der Waals surface area (Å²) in [6.45, 7) is 8.79. The third kappa shape index (κ3) is 5.65. The molecule has 204 valence electrons. The van der Waals surface area contributed by atoms with Crippen LogP contribution in [0.15, 0.2) is 78.9 Å². The summed E-state index contributed by atoms with van der Waals surface area (Å²) in [4.78, 5) is 34.3. The number of carbonyl (C=O) groups is 2. The number of piperidine rings is 1. The van der Waals surface area contributed by atoms with Gasteiger partial charge in [0.2, 0.25) is 11.8 Å². The topological polar surface area (TPSA) is 43.9 Å². The lowest BCUT2D eigenvalue weighted by Gasteiger charge is -2.45. The Balaban J connectivity index is 1.36. The van der Waals surface area contributed by atoms with E-state index in [9.17, 15) is 9.59 Å². The Morgan fingerprint density at radius 1 is 0.692 bits per heavy atom. The van der Waals surface area contributed by atoms with Crippen molar-refractivity contribution in [3.63, 3.8) is 0 Å². The lowest BCUT2D eigenvalue weighted by Crippen LogP contribution is -2.57. The van der Waals surface area contributed by atoms with E-state index in [-0.39, 0.29) is 17.7 Å². The molecule has 39 heavy (non-hydrogen) atoms. The third-order valence-electron chi connectivity index (χ3n) is 9.00. The van der Waals surface area contributed by atoms with Gasteiger partial charge in [0.25, 0.3) is 0 Å². The minimum atomic E-state index is -0.570. The summed E-state index contributed by atoms with van der Waals surface area (Å²) in [6.07, 6.45) is 1.75. The van der Waals surface area contributed by atoms with Crippen molar-refractivity contribution in [1.82, 2.24) is 14.7 Å². The SMILES string of the molecule is Cc1ccccc1C(CC(=O)N1CCC(C(=O)N2CCN(C)CC2)(c2ccccc2)CC1)c1ccccc1C. The molecule has 2 aliphatic heterocycles. The van der Waals surface area contributed by atoms with Gasteiger partial charge in [-0.25, -0.2) is 0 Å². The van der Waals surface area contributed by atoms with E-state index in [1.54, 1.807) is 0 Å². The average molecular weight is 524 g/mol. The van der Waals surface area contributed by atoms with Crippen LogP contribution < -0.4 is 0 Å². The lowest BCUT2D eigenvalue weighted by atomic mass is 9.71. The Morgan fingerprint density at radius 3 is 1.74 bits per heavy atom. The minimum Gasteiger partial charge on any atom is -0.343 e. The second-order valence-corrected chi connectivity index (χ2v) is 11.4. The molecule has 2 fully saturated rings. The van der Waals surface area contributed by atoms with Crippen LogP contribution in [-0.2, 0) is 15.0 Å². The molecule has 2 heterocycles. The van der Waals surface area contributed by atoms with E-state index in [2.05, 4.69) is 91.4 Å². The zero-order valence-corrected chi connectivity index (χ0v) is 23.6. The summed E-state index contributed by atoms with van der Waals surface area (Å²) in [5.74, 6) is 0.402. The van der Waals surface area contributed by atoms with Gasteiger partial charge >= 0.3 is 0 Å². The Kier molecular flexibility index (Phi) is 8.18. The molecule has 3 aromatic carbocycles. The van der Waals surface area contributed by atoms with Gasteiger partial charge < -0.3 is 14.7 Å². The molecule has 2 aliphatic rings. The fourth-order valence-electron chi connectivity index (χ4n) is 6.48. The van der Waals surface area contributed by atoms with Crippen LogP contribution in [0, 0.1) is 13.8 Å². The van der Waals surface area contributed by atoms with Crippen molar-refractivity contribution in [2.24, 2.45) is 0 Å². The molecule has 5 heteroatoms. The second kappa shape index (κ2) is 11.7. The van der Waals surface area contributed by atoms with Gasteiger partial charge in [-0.3, -0.25) is 9.59 Å². The molecule has 0 aromatic heterocycles. The van der Waals surface area contributed by atoms with Gasteiger partial charge in [0.15, 0.2) is 0 Å². The fourth-order valence-corrected chi connectivity index (χ4v) is 6.48. The smallest absolute Gasteiger partial charge is 0.233 e. The zero-order valence-electron chi connectivity index (χ0n) is 23.6. The Labute approximate surface area is 233 Å². The summed E-state index contributed by atoms with van der Waals surface area (Å²) in [7, 11) is 2.11. The Morgan fingerprint density at radius 2 is 1.21 bits per heavy atom. The summed E-state index contributed by atoms with van der Waals surface area (Å²) >= 11 is 0. The highest BCUT2D eigenvalue weighted by Gasteiger charge is 2.46. The van der Waals surface area contributed by atoms with Crippen molar-refractivity contribution in [1.29, 1.82) is 0 Å². The minimum absolute atomic E-state index is 0.00711. The van der Waals surface area contributed by atoms with Crippen LogP contribution >= 0.6 is 0 Å². The lowest BCUT2D eigenvalue weighted by molar-refractivity contribution is -0.144. The molecular formula is C34H41N3O2. The van der Waals surface area contributed by atoms with Crippen molar-refractivity contribution in [3.8, 4) is 0 Å². The molecule has 2 amide bonds. The van der Waals surface area contributed by atoms with Gasteiger partial charge in [0.05, 0.1) is 5.41 Å².